The van der Waals surface area contributed by atoms with Crippen molar-refractivity contribution in [2.24, 2.45) is 10.1 Å². The van der Waals surface area contributed by atoms with Crippen LogP contribution in [0.1, 0.15) is 12.6 Å². The maximum Gasteiger partial charge on any atom is 0.287 e. The molecular weight excluding hydrogens is 395 g/mol. The van der Waals surface area contributed by atoms with Crippen molar-refractivity contribution in [1.29, 1.82) is 0 Å². The normalized spacial score (nSPS) is 13.5. The van der Waals surface area contributed by atoms with Gasteiger partial charge in [0.25, 0.3) is 16.1 Å². The minimum Gasteiger partial charge on any atom is -0.469 e. The highest BCUT2D eigenvalue weighted by Crippen LogP contribution is 2.23. The number of nitrogens with one attached hydrogen (secondary N) is 2. The fraction of sp³-hybridized carbons (Fsp3) is 0.250. The third-order valence-electron chi connectivity index (χ3n) is 2.82. The van der Waals surface area contributed by atoms with Crippen molar-refractivity contribution >= 4 is 33.3 Å². The van der Waals surface area contributed by atoms with Crippen molar-refractivity contribution < 1.29 is 27.4 Å². The Kier molecular flexibility index (Phi) is 6.44. The monoisotopic (exact) mass is 408 g/mol. The van der Waals surface area contributed by atoms with Crippen LogP contribution in [0.3, 0.4) is 0 Å². The summed E-state index contributed by atoms with van der Waals surface area (Å²) in [5, 5.41) is 21.0. The fourth-order valence-corrected chi connectivity index (χ4v) is 2.32. The van der Waals surface area contributed by atoms with Crippen LogP contribution >= 0.6 is 11.6 Å². The molecule has 0 saturated carbocycles. The average Bonchev–Trinajstić information content (AvgIpc) is 3.01. The van der Waals surface area contributed by atoms with Gasteiger partial charge in [0.2, 0.25) is 5.69 Å². The predicted molar refractivity (Wildman–Crippen MR) is 88.0 cm³/mol. The molecule has 0 amide bonds. The van der Waals surface area contributed by atoms with Crippen LogP contribution in [-0.4, -0.2) is 42.4 Å². The van der Waals surface area contributed by atoms with Crippen molar-refractivity contribution in [3.05, 3.63) is 34.7 Å². The topological polar surface area (TPSA) is 165 Å². The molecule has 0 saturated heterocycles. The fourth-order valence-electron chi connectivity index (χ4n) is 1.68. The molecule has 5 N–H and O–H groups in total. The summed E-state index contributed by atoms with van der Waals surface area (Å²) in [6.45, 7) is 1.37. The number of aromatic nitrogens is 2. The first kappa shape index (κ1) is 20.0. The van der Waals surface area contributed by atoms with Crippen LogP contribution in [0.25, 0.3) is 0 Å². The van der Waals surface area contributed by atoms with E-state index in [4.69, 9.17) is 21.5 Å². The van der Waals surface area contributed by atoms with Crippen LogP contribution in [0.4, 0.5) is 10.1 Å². The Labute approximate surface area is 152 Å². The minimum absolute atomic E-state index is 0.115. The molecular formula is C12H14ClFN6O5S. The predicted octanol–water partition coefficient (Wildman–Crippen LogP) is 0.480. The standard InChI is InChI=1S/C12H14ClFN6O5S/c1-6(5-16-26(15,22)23)24-12-10(19-25-20-12)11(18-21)17-7-2-3-9(14)8(13)4-7/h2-4,6,16,21H,5H2,1H3,(H,17,18)(H2,15,22,23). The van der Waals surface area contributed by atoms with E-state index in [1.54, 1.807) is 5.48 Å². The molecule has 0 aliphatic carbocycles. The average molecular weight is 409 g/mol. The quantitative estimate of drug-likeness (QED) is 0.291. The van der Waals surface area contributed by atoms with Crippen LogP contribution in [0.15, 0.2) is 27.8 Å². The molecule has 2 aromatic rings. The lowest BCUT2D eigenvalue weighted by molar-refractivity contribution is 0.197. The highest BCUT2D eigenvalue weighted by atomic mass is 35.5. The summed E-state index contributed by atoms with van der Waals surface area (Å²) in [5.41, 5.74) is 1.88. The van der Waals surface area contributed by atoms with Gasteiger partial charge in [-0.25, -0.2) is 19.2 Å². The van der Waals surface area contributed by atoms with E-state index in [2.05, 4.69) is 19.9 Å². The highest BCUT2D eigenvalue weighted by Gasteiger charge is 2.21. The highest BCUT2D eigenvalue weighted by molar-refractivity contribution is 7.87. The summed E-state index contributed by atoms with van der Waals surface area (Å²) < 4.78 is 46.9. The summed E-state index contributed by atoms with van der Waals surface area (Å²) in [6, 6.07) is 3.63. The van der Waals surface area contributed by atoms with Crippen LogP contribution < -0.4 is 20.1 Å². The second kappa shape index (κ2) is 8.37. The van der Waals surface area contributed by atoms with Crippen LogP contribution in [0, 0.1) is 5.82 Å². The van der Waals surface area contributed by atoms with Gasteiger partial charge in [-0.1, -0.05) is 11.6 Å². The molecule has 0 aliphatic rings. The number of aliphatic imine (C=N–C) groups is 1. The molecule has 1 aromatic carbocycles. The van der Waals surface area contributed by atoms with Crippen molar-refractivity contribution in [3.8, 4) is 5.88 Å². The number of nitrogens with two attached hydrogens (primary N) is 1. The number of amidine groups is 1. The Morgan fingerprint density at radius 1 is 1.54 bits per heavy atom. The molecule has 142 valence electrons. The lowest BCUT2D eigenvalue weighted by Crippen LogP contribution is -2.38. The van der Waals surface area contributed by atoms with Gasteiger partial charge in [-0.15, -0.1) is 0 Å². The Hall–Kier alpha value is -2.32. The summed E-state index contributed by atoms with van der Waals surface area (Å²) >= 11 is 5.67. The first-order valence-corrected chi connectivity index (χ1v) is 8.83. The molecule has 1 atom stereocenters. The molecule has 11 nitrogen and oxygen atoms in total. The lowest BCUT2D eigenvalue weighted by Gasteiger charge is -2.12. The molecule has 0 fully saturated rings. The Balaban J connectivity index is 2.20. The molecule has 1 unspecified atom stereocenters. The zero-order chi connectivity index (χ0) is 19.3. The van der Waals surface area contributed by atoms with Gasteiger partial charge in [0, 0.05) is 6.54 Å². The number of benzene rings is 1. The smallest absolute Gasteiger partial charge is 0.287 e. The summed E-state index contributed by atoms with van der Waals surface area (Å²) in [6.07, 6.45) is -0.709. The lowest BCUT2D eigenvalue weighted by atomic mass is 10.3. The summed E-state index contributed by atoms with van der Waals surface area (Å²) in [4.78, 5) is 4.01. The van der Waals surface area contributed by atoms with Crippen LogP contribution in [0.5, 0.6) is 5.88 Å². The second-order valence-corrected chi connectivity index (χ2v) is 6.70. The SMILES string of the molecule is CC(CNS(N)(=O)=O)Oc1nonc1C(=Nc1ccc(F)c(Cl)c1)NO. The number of rotatable bonds is 7. The second-order valence-electron chi connectivity index (χ2n) is 4.91. The molecule has 0 bridgehead atoms. The molecule has 0 radical (unpaired) electrons. The van der Waals surface area contributed by atoms with E-state index in [0.717, 1.165) is 6.07 Å². The third kappa shape index (κ3) is 5.60. The zero-order valence-electron chi connectivity index (χ0n) is 13.2. The van der Waals surface area contributed by atoms with E-state index in [-0.39, 0.29) is 34.7 Å². The van der Waals surface area contributed by atoms with Gasteiger partial charge in [0.15, 0.2) is 5.84 Å². The minimum atomic E-state index is -3.89. The van der Waals surface area contributed by atoms with Crippen molar-refractivity contribution in [2.45, 2.75) is 13.0 Å². The zero-order valence-corrected chi connectivity index (χ0v) is 14.8. The van der Waals surface area contributed by atoms with E-state index < -0.39 is 22.1 Å². The van der Waals surface area contributed by atoms with E-state index >= 15 is 0 Å². The molecule has 14 heteroatoms. The van der Waals surface area contributed by atoms with Crippen LogP contribution in [0.2, 0.25) is 5.02 Å². The molecule has 1 heterocycles. The van der Waals surface area contributed by atoms with E-state index in [9.17, 15) is 18.0 Å². The maximum atomic E-state index is 13.2. The maximum absolute atomic E-state index is 13.2. The Morgan fingerprint density at radius 2 is 2.27 bits per heavy atom. The number of nitrogens with zero attached hydrogens (tertiary/aromatic N) is 3. The third-order valence-corrected chi connectivity index (χ3v) is 3.68. The molecule has 1 aromatic heterocycles. The number of hydroxylamine groups is 1. The van der Waals surface area contributed by atoms with E-state index in [0.29, 0.717) is 0 Å². The summed E-state index contributed by atoms with van der Waals surface area (Å²) in [5.74, 6) is -1.04. The molecule has 0 aliphatic heterocycles. The van der Waals surface area contributed by atoms with E-state index in [1.807, 2.05) is 4.72 Å². The Bertz CT molecular complexity index is 905. The van der Waals surface area contributed by atoms with Gasteiger partial charge in [-0.2, -0.15) is 13.1 Å². The van der Waals surface area contributed by atoms with E-state index in [1.165, 1.54) is 19.1 Å². The van der Waals surface area contributed by atoms with Gasteiger partial charge in [-0.05, 0) is 35.4 Å². The van der Waals surface area contributed by atoms with Crippen molar-refractivity contribution in [2.75, 3.05) is 6.54 Å². The van der Waals surface area contributed by atoms with Gasteiger partial charge in [-0.3, -0.25) is 10.7 Å². The molecule has 0 spiro atoms. The van der Waals surface area contributed by atoms with Gasteiger partial charge in [0.1, 0.15) is 11.9 Å². The van der Waals surface area contributed by atoms with Crippen molar-refractivity contribution in [1.82, 2.24) is 20.5 Å². The number of halogens is 2. The number of ether oxygens (including phenoxy) is 1. The first-order valence-electron chi connectivity index (χ1n) is 6.90. The Morgan fingerprint density at radius 3 is 2.88 bits per heavy atom. The first-order chi connectivity index (χ1) is 12.2. The number of hydrogen-bond donors (Lipinski definition) is 4. The van der Waals surface area contributed by atoms with Gasteiger partial charge >= 0.3 is 0 Å². The van der Waals surface area contributed by atoms with Gasteiger partial charge in [0.05, 0.1) is 10.7 Å². The number of hydrogen-bond acceptors (Lipinski definition) is 8. The molecule has 2 rings (SSSR count). The van der Waals surface area contributed by atoms with Crippen molar-refractivity contribution in [3.63, 3.8) is 0 Å². The largest absolute Gasteiger partial charge is 0.469 e. The summed E-state index contributed by atoms with van der Waals surface area (Å²) in [7, 11) is -3.89. The van der Waals surface area contributed by atoms with Gasteiger partial charge < -0.3 is 4.74 Å². The molecule has 26 heavy (non-hydrogen) atoms. The van der Waals surface area contributed by atoms with Crippen LogP contribution in [-0.2, 0) is 10.2 Å².